The number of aliphatic imine (C=N–C) groups is 1. The van der Waals surface area contributed by atoms with Gasteiger partial charge in [0.15, 0.2) is 0 Å². The second-order valence-electron chi connectivity index (χ2n) is 6.31. The Balaban J connectivity index is 2.80. The van der Waals surface area contributed by atoms with Crippen molar-refractivity contribution in [3.05, 3.63) is 65.3 Å². The highest BCUT2D eigenvalue weighted by Crippen LogP contribution is 2.16. The zero-order chi connectivity index (χ0) is 15.9. The summed E-state index contributed by atoms with van der Waals surface area (Å²) in [5.74, 6) is 0. The molecular weight excluding hydrogens is 256 g/mol. The summed E-state index contributed by atoms with van der Waals surface area (Å²) in [5, 5.41) is 0. The van der Waals surface area contributed by atoms with Gasteiger partial charge in [-0.3, -0.25) is 4.99 Å². The Kier molecular flexibility index (Phi) is 6.16. The topological polar surface area (TPSA) is 38.4 Å². The first kappa shape index (κ1) is 17.0. The molecule has 0 saturated heterocycles. The molecule has 0 amide bonds. The van der Waals surface area contributed by atoms with Gasteiger partial charge in [0.25, 0.3) is 0 Å². The molecule has 21 heavy (non-hydrogen) atoms. The van der Waals surface area contributed by atoms with Crippen molar-refractivity contribution in [1.29, 1.82) is 0 Å². The minimum atomic E-state index is 0.194. The van der Waals surface area contributed by atoms with E-state index in [0.717, 1.165) is 16.8 Å². The Hall–Kier alpha value is -2.09. The van der Waals surface area contributed by atoms with Gasteiger partial charge >= 0.3 is 0 Å². The number of allylic oxidation sites excluding steroid dienone is 5. The van der Waals surface area contributed by atoms with Crippen LogP contribution in [0.5, 0.6) is 0 Å². The fourth-order valence-corrected chi connectivity index (χ4v) is 1.69. The summed E-state index contributed by atoms with van der Waals surface area (Å²) >= 11 is 0. The van der Waals surface area contributed by atoms with Crippen LogP contribution in [0.3, 0.4) is 0 Å². The maximum absolute atomic E-state index is 6.11. The van der Waals surface area contributed by atoms with Crippen LogP contribution >= 0.6 is 0 Å². The van der Waals surface area contributed by atoms with E-state index < -0.39 is 0 Å². The summed E-state index contributed by atoms with van der Waals surface area (Å²) in [6.45, 7) is 12.8. The molecule has 0 heterocycles. The van der Waals surface area contributed by atoms with Gasteiger partial charge in [-0.05, 0) is 36.3 Å². The fraction of sp³-hybridized carbons (Fsp3) is 0.316. The van der Waals surface area contributed by atoms with Gasteiger partial charge < -0.3 is 5.73 Å². The molecule has 0 aliphatic carbocycles. The molecule has 2 nitrogen and oxygen atoms in total. The van der Waals surface area contributed by atoms with Crippen LogP contribution < -0.4 is 5.73 Å². The standard InChI is InChI=1S/C19H26N2/c1-15(12-13-19(2,3)4)6-11-18(20)17-9-7-16(8-10-17)14-21-5/h6-13H,5,14,20H2,1-4H3/b13-12-,15-6+,18-11-. The van der Waals surface area contributed by atoms with Gasteiger partial charge in [-0.1, -0.05) is 68.8 Å². The van der Waals surface area contributed by atoms with E-state index in [-0.39, 0.29) is 5.41 Å². The number of nitrogens with two attached hydrogens (primary N) is 1. The molecule has 0 bridgehead atoms. The normalized spacial score (nSPS) is 13.7. The third-order valence-corrected chi connectivity index (χ3v) is 2.95. The minimum absolute atomic E-state index is 0.194. The Morgan fingerprint density at radius 3 is 2.33 bits per heavy atom. The van der Waals surface area contributed by atoms with Gasteiger partial charge in [-0.15, -0.1) is 0 Å². The van der Waals surface area contributed by atoms with E-state index in [2.05, 4.69) is 51.6 Å². The van der Waals surface area contributed by atoms with Crippen molar-refractivity contribution in [2.45, 2.75) is 34.2 Å². The average Bonchev–Trinajstić information content (AvgIpc) is 2.43. The minimum Gasteiger partial charge on any atom is -0.398 e. The molecule has 0 spiro atoms. The number of benzene rings is 1. The molecule has 2 N–H and O–H groups in total. The predicted octanol–water partition coefficient (Wildman–Crippen LogP) is 4.74. The lowest BCUT2D eigenvalue weighted by Gasteiger charge is -2.10. The lowest BCUT2D eigenvalue weighted by atomic mass is 9.95. The van der Waals surface area contributed by atoms with E-state index in [1.165, 1.54) is 5.57 Å². The maximum Gasteiger partial charge on any atom is 0.0632 e. The highest BCUT2D eigenvalue weighted by Gasteiger charge is 2.02. The van der Waals surface area contributed by atoms with Crippen LogP contribution in [0.25, 0.3) is 5.70 Å². The molecule has 1 aromatic carbocycles. The number of nitrogens with zero attached hydrogens (tertiary/aromatic N) is 1. The third-order valence-electron chi connectivity index (χ3n) is 2.95. The van der Waals surface area contributed by atoms with Gasteiger partial charge in [-0.2, -0.15) is 0 Å². The van der Waals surface area contributed by atoms with Crippen LogP contribution in [0.1, 0.15) is 38.8 Å². The summed E-state index contributed by atoms with van der Waals surface area (Å²) < 4.78 is 0. The summed E-state index contributed by atoms with van der Waals surface area (Å²) in [5.41, 5.74) is 10.4. The quantitative estimate of drug-likeness (QED) is 0.615. The molecule has 112 valence electrons. The first-order valence-corrected chi connectivity index (χ1v) is 7.17. The van der Waals surface area contributed by atoms with Gasteiger partial charge in [0.1, 0.15) is 0 Å². The van der Waals surface area contributed by atoms with Crippen molar-refractivity contribution in [2.75, 3.05) is 0 Å². The molecular formula is C19H26N2. The van der Waals surface area contributed by atoms with Gasteiger partial charge in [-0.25, -0.2) is 0 Å². The molecule has 0 saturated carbocycles. The van der Waals surface area contributed by atoms with Gasteiger partial charge in [0.05, 0.1) is 6.54 Å². The van der Waals surface area contributed by atoms with Crippen LogP contribution in [0.15, 0.2) is 59.1 Å². The summed E-state index contributed by atoms with van der Waals surface area (Å²) in [4.78, 5) is 3.87. The molecule has 0 aliphatic rings. The largest absolute Gasteiger partial charge is 0.398 e. The smallest absolute Gasteiger partial charge is 0.0632 e. The third kappa shape index (κ3) is 6.75. The number of hydrogen-bond acceptors (Lipinski definition) is 2. The molecule has 0 fully saturated rings. The van der Waals surface area contributed by atoms with Crippen molar-refractivity contribution in [1.82, 2.24) is 0 Å². The van der Waals surface area contributed by atoms with Gasteiger partial charge in [0.2, 0.25) is 0 Å². The second-order valence-corrected chi connectivity index (χ2v) is 6.31. The maximum atomic E-state index is 6.11. The Morgan fingerprint density at radius 2 is 1.81 bits per heavy atom. The van der Waals surface area contributed by atoms with Crippen molar-refractivity contribution in [2.24, 2.45) is 16.1 Å². The molecule has 0 aliphatic heterocycles. The van der Waals surface area contributed by atoms with Crippen LogP contribution in [-0.2, 0) is 6.54 Å². The van der Waals surface area contributed by atoms with E-state index in [4.69, 9.17) is 5.73 Å². The summed E-state index contributed by atoms with van der Waals surface area (Å²) in [7, 11) is 0. The molecule has 2 heteroatoms. The van der Waals surface area contributed by atoms with Crippen LogP contribution in [0.2, 0.25) is 0 Å². The SMILES string of the molecule is C=NCc1ccc(/C(N)=C/C=C(C)/C=C\C(C)(C)C)cc1. The van der Waals surface area contributed by atoms with E-state index in [9.17, 15) is 0 Å². The Morgan fingerprint density at radius 1 is 1.19 bits per heavy atom. The molecule has 0 atom stereocenters. The summed E-state index contributed by atoms with van der Waals surface area (Å²) in [6.07, 6.45) is 8.31. The number of rotatable bonds is 5. The molecule has 0 unspecified atom stereocenters. The molecule has 1 rings (SSSR count). The van der Waals surface area contributed by atoms with Crippen molar-refractivity contribution in [3.8, 4) is 0 Å². The van der Waals surface area contributed by atoms with E-state index in [0.29, 0.717) is 6.54 Å². The van der Waals surface area contributed by atoms with Crippen LogP contribution in [0, 0.1) is 5.41 Å². The Labute approximate surface area is 128 Å². The van der Waals surface area contributed by atoms with E-state index in [1.54, 1.807) is 0 Å². The van der Waals surface area contributed by atoms with Crippen molar-refractivity contribution >= 4 is 12.4 Å². The molecule has 0 aromatic heterocycles. The van der Waals surface area contributed by atoms with Crippen molar-refractivity contribution in [3.63, 3.8) is 0 Å². The zero-order valence-corrected chi connectivity index (χ0v) is 13.6. The van der Waals surface area contributed by atoms with Crippen molar-refractivity contribution < 1.29 is 0 Å². The monoisotopic (exact) mass is 282 g/mol. The lowest BCUT2D eigenvalue weighted by Crippen LogP contribution is -1.98. The fourth-order valence-electron chi connectivity index (χ4n) is 1.69. The zero-order valence-electron chi connectivity index (χ0n) is 13.6. The summed E-state index contributed by atoms with van der Waals surface area (Å²) in [6, 6.07) is 8.09. The Bertz CT molecular complexity index is 552. The second kappa shape index (κ2) is 7.63. The van der Waals surface area contributed by atoms with Crippen LogP contribution in [0.4, 0.5) is 0 Å². The van der Waals surface area contributed by atoms with Gasteiger partial charge in [0, 0.05) is 5.70 Å². The first-order valence-electron chi connectivity index (χ1n) is 7.17. The predicted molar refractivity (Wildman–Crippen MR) is 94.2 cm³/mol. The lowest BCUT2D eigenvalue weighted by molar-refractivity contribution is 0.544. The molecule has 0 radical (unpaired) electrons. The highest BCUT2D eigenvalue weighted by atomic mass is 14.7. The van der Waals surface area contributed by atoms with E-state index in [1.807, 2.05) is 36.4 Å². The highest BCUT2D eigenvalue weighted by molar-refractivity contribution is 5.64. The average molecular weight is 282 g/mol. The number of hydrogen-bond donors (Lipinski definition) is 1. The first-order chi connectivity index (χ1) is 9.81. The van der Waals surface area contributed by atoms with Crippen LogP contribution in [-0.4, -0.2) is 6.72 Å². The van der Waals surface area contributed by atoms with E-state index >= 15 is 0 Å². The molecule has 1 aromatic rings.